The van der Waals surface area contributed by atoms with Crippen LogP contribution >= 0.6 is 23.4 Å². The molecule has 1 fully saturated rings. The van der Waals surface area contributed by atoms with Gasteiger partial charge in [-0.2, -0.15) is 0 Å². The second-order valence-electron chi connectivity index (χ2n) is 8.61. The first kappa shape index (κ1) is 24.7. The van der Waals surface area contributed by atoms with Crippen molar-refractivity contribution in [2.75, 3.05) is 44.4 Å². The van der Waals surface area contributed by atoms with Crippen LogP contribution in [0.25, 0.3) is 0 Å². The van der Waals surface area contributed by atoms with Gasteiger partial charge in [0, 0.05) is 50.1 Å². The molecular formula is C26H28ClN5O3S. The fourth-order valence-corrected chi connectivity index (χ4v) is 5.18. The zero-order valence-corrected chi connectivity index (χ0v) is 21.6. The first-order valence-electron chi connectivity index (χ1n) is 12.0. The number of carbonyl (C=O) groups is 1. The van der Waals surface area contributed by atoms with Crippen molar-refractivity contribution in [3.8, 4) is 11.5 Å². The molecule has 0 saturated carbocycles. The third-order valence-electron chi connectivity index (χ3n) is 6.28. The number of benzene rings is 2. The first-order valence-corrected chi connectivity index (χ1v) is 13.3. The van der Waals surface area contributed by atoms with Gasteiger partial charge in [-0.25, -0.2) is 9.97 Å². The van der Waals surface area contributed by atoms with Crippen LogP contribution in [0, 0.1) is 0 Å². The lowest BCUT2D eigenvalue weighted by Crippen LogP contribution is -2.46. The summed E-state index contributed by atoms with van der Waals surface area (Å²) in [6, 6.07) is 15.1. The van der Waals surface area contributed by atoms with Crippen molar-refractivity contribution in [2.24, 2.45) is 0 Å². The maximum Gasteiger partial charge on any atom is 0.251 e. The van der Waals surface area contributed by atoms with Crippen LogP contribution in [0.3, 0.4) is 0 Å². The minimum atomic E-state index is -0.127. The average Bonchev–Trinajstić information content (AvgIpc) is 3.39. The molecular weight excluding hydrogens is 498 g/mol. The highest BCUT2D eigenvalue weighted by Crippen LogP contribution is 2.32. The monoisotopic (exact) mass is 525 g/mol. The lowest BCUT2D eigenvalue weighted by atomic mass is 10.1. The number of carbonyl (C=O) groups excluding carboxylic acids is 1. The Kier molecular flexibility index (Phi) is 7.79. The summed E-state index contributed by atoms with van der Waals surface area (Å²) >= 11 is 7.84. The Labute approximate surface area is 220 Å². The van der Waals surface area contributed by atoms with Crippen LogP contribution in [0.2, 0.25) is 5.15 Å². The second kappa shape index (κ2) is 11.4. The van der Waals surface area contributed by atoms with E-state index in [1.165, 1.54) is 11.8 Å². The number of piperazine rings is 1. The zero-order valence-electron chi connectivity index (χ0n) is 20.1. The molecule has 3 heterocycles. The van der Waals surface area contributed by atoms with E-state index in [1.54, 1.807) is 0 Å². The van der Waals surface area contributed by atoms with Crippen LogP contribution in [0.1, 0.15) is 28.4 Å². The van der Waals surface area contributed by atoms with Crippen molar-refractivity contribution in [1.29, 1.82) is 0 Å². The number of ether oxygens (including phenoxy) is 2. The summed E-state index contributed by atoms with van der Waals surface area (Å²) in [6.45, 7) is 7.82. The number of aromatic nitrogens is 2. The van der Waals surface area contributed by atoms with E-state index in [2.05, 4.69) is 27.0 Å². The second-order valence-corrected chi connectivity index (χ2v) is 9.94. The van der Waals surface area contributed by atoms with Gasteiger partial charge in [-0.15, -0.1) is 0 Å². The lowest BCUT2D eigenvalue weighted by molar-refractivity contribution is 0.0951. The molecule has 1 N–H and O–H groups in total. The summed E-state index contributed by atoms with van der Waals surface area (Å²) in [5, 5.41) is 4.06. The van der Waals surface area contributed by atoms with E-state index in [-0.39, 0.29) is 12.7 Å². The van der Waals surface area contributed by atoms with Crippen LogP contribution in [0.15, 0.2) is 53.7 Å². The number of halogens is 1. The van der Waals surface area contributed by atoms with Crippen LogP contribution in [0.4, 0.5) is 5.82 Å². The normalized spacial score (nSPS) is 15.2. The lowest BCUT2D eigenvalue weighted by Gasteiger charge is -2.34. The number of amides is 1. The Hall–Kier alpha value is -3.01. The summed E-state index contributed by atoms with van der Waals surface area (Å²) in [6.07, 6.45) is 0. The molecule has 188 valence electrons. The highest BCUT2D eigenvalue weighted by Gasteiger charge is 2.18. The molecule has 10 heteroatoms. The summed E-state index contributed by atoms with van der Waals surface area (Å²) in [5.41, 5.74) is 2.64. The first-order chi connectivity index (χ1) is 17.6. The maximum absolute atomic E-state index is 12.6. The highest BCUT2D eigenvalue weighted by molar-refractivity contribution is 7.98. The van der Waals surface area contributed by atoms with E-state index in [0.29, 0.717) is 33.9 Å². The Morgan fingerprint density at radius 3 is 2.53 bits per heavy atom. The molecule has 0 aliphatic carbocycles. The van der Waals surface area contributed by atoms with Gasteiger partial charge in [0.1, 0.15) is 11.0 Å². The summed E-state index contributed by atoms with van der Waals surface area (Å²) in [7, 11) is 0. The predicted octanol–water partition coefficient (Wildman–Crippen LogP) is 4.22. The summed E-state index contributed by atoms with van der Waals surface area (Å²) in [4.78, 5) is 26.4. The molecule has 8 nitrogen and oxygen atoms in total. The maximum atomic E-state index is 12.6. The van der Waals surface area contributed by atoms with Gasteiger partial charge in [-0.05, 0) is 41.9 Å². The smallest absolute Gasteiger partial charge is 0.251 e. The summed E-state index contributed by atoms with van der Waals surface area (Å²) < 4.78 is 10.7. The number of fused-ring (bicyclic) bond motifs is 1. The summed E-state index contributed by atoms with van der Waals surface area (Å²) in [5.74, 6) is 2.87. The van der Waals surface area contributed by atoms with Crippen LogP contribution < -0.4 is 19.7 Å². The highest BCUT2D eigenvalue weighted by atomic mass is 35.5. The molecule has 0 spiro atoms. The number of thioether (sulfide) groups is 1. The van der Waals surface area contributed by atoms with Crippen LogP contribution in [-0.2, 0) is 12.3 Å². The van der Waals surface area contributed by atoms with Crippen molar-refractivity contribution in [1.82, 2.24) is 20.2 Å². The molecule has 0 atom stereocenters. The van der Waals surface area contributed by atoms with Gasteiger partial charge in [-0.3, -0.25) is 4.79 Å². The topological polar surface area (TPSA) is 79.8 Å². The van der Waals surface area contributed by atoms with E-state index in [1.807, 2.05) is 48.5 Å². The molecule has 1 amide bonds. The molecule has 0 unspecified atom stereocenters. The number of hydrogen-bond acceptors (Lipinski definition) is 8. The van der Waals surface area contributed by atoms with Crippen LogP contribution in [0.5, 0.6) is 11.5 Å². The SMILES string of the molecule is CCN1CCN(c2cc(Cl)nc(SCc3ccc(C(=O)NCc4ccc5c(c4)OCO5)cc3)n2)CC1. The molecule has 1 aromatic heterocycles. The van der Waals surface area contributed by atoms with Crippen molar-refractivity contribution in [3.05, 3.63) is 70.4 Å². The minimum absolute atomic E-state index is 0.127. The van der Waals surface area contributed by atoms with Crippen molar-refractivity contribution in [3.63, 3.8) is 0 Å². The largest absolute Gasteiger partial charge is 0.454 e. The number of anilines is 1. The molecule has 5 rings (SSSR count). The van der Waals surface area contributed by atoms with Gasteiger partial charge in [0.2, 0.25) is 6.79 Å². The van der Waals surface area contributed by atoms with Gasteiger partial charge in [0.15, 0.2) is 16.7 Å². The van der Waals surface area contributed by atoms with Crippen molar-refractivity contribution in [2.45, 2.75) is 24.4 Å². The molecule has 2 aliphatic rings. The Balaban J connectivity index is 1.14. The fraction of sp³-hybridized carbons (Fsp3) is 0.346. The van der Waals surface area contributed by atoms with Gasteiger partial charge >= 0.3 is 0 Å². The van der Waals surface area contributed by atoms with Gasteiger partial charge in [0.25, 0.3) is 5.91 Å². The third kappa shape index (κ3) is 6.03. The molecule has 1 saturated heterocycles. The van der Waals surface area contributed by atoms with Crippen molar-refractivity contribution < 1.29 is 14.3 Å². The number of rotatable bonds is 8. The van der Waals surface area contributed by atoms with Gasteiger partial charge in [-0.1, -0.05) is 48.5 Å². The van der Waals surface area contributed by atoms with Gasteiger partial charge < -0.3 is 24.6 Å². The Bertz CT molecular complexity index is 1220. The van der Waals surface area contributed by atoms with E-state index < -0.39 is 0 Å². The quantitative estimate of drug-likeness (QED) is 0.266. The molecule has 2 aromatic carbocycles. The predicted molar refractivity (Wildman–Crippen MR) is 141 cm³/mol. The van der Waals surface area contributed by atoms with E-state index in [4.69, 9.17) is 26.1 Å². The number of likely N-dealkylation sites (N-methyl/N-ethyl adjacent to an activating group) is 1. The number of nitrogens with one attached hydrogen (secondary N) is 1. The van der Waals surface area contributed by atoms with E-state index in [9.17, 15) is 4.79 Å². The zero-order chi connectivity index (χ0) is 24.9. The molecule has 0 radical (unpaired) electrons. The Morgan fingerprint density at radius 1 is 1.00 bits per heavy atom. The van der Waals surface area contributed by atoms with Gasteiger partial charge in [0.05, 0.1) is 0 Å². The Morgan fingerprint density at radius 2 is 1.75 bits per heavy atom. The fourth-order valence-electron chi connectivity index (χ4n) is 4.14. The van der Waals surface area contributed by atoms with E-state index >= 15 is 0 Å². The minimum Gasteiger partial charge on any atom is -0.454 e. The van der Waals surface area contributed by atoms with Crippen LogP contribution in [-0.4, -0.2) is 60.3 Å². The molecule has 3 aromatic rings. The third-order valence-corrected chi connectivity index (χ3v) is 7.39. The molecule has 2 aliphatic heterocycles. The van der Waals surface area contributed by atoms with E-state index in [0.717, 1.165) is 55.4 Å². The molecule has 36 heavy (non-hydrogen) atoms. The number of nitrogens with zero attached hydrogens (tertiary/aromatic N) is 4. The molecule has 0 bridgehead atoms. The average molecular weight is 526 g/mol. The van der Waals surface area contributed by atoms with Crippen molar-refractivity contribution >= 4 is 35.1 Å². The standard InChI is InChI=1S/C26H28ClN5O3S/c1-2-31-9-11-32(12-10-31)24-14-23(27)29-26(30-24)36-16-18-3-6-20(7-4-18)25(33)28-15-19-5-8-21-22(13-19)35-17-34-21/h3-8,13-14H,2,9-12,15-17H2,1H3,(H,28,33). The number of hydrogen-bond donors (Lipinski definition) is 1.